The van der Waals surface area contributed by atoms with Gasteiger partial charge >= 0.3 is 0 Å². The molecular formula is C19H17N3O. The number of rotatable bonds is 5. The number of amides is 1. The Hall–Kier alpha value is -3.14. The molecule has 0 unspecified atom stereocenters. The van der Waals surface area contributed by atoms with Gasteiger partial charge < -0.3 is 9.88 Å². The van der Waals surface area contributed by atoms with Crippen LogP contribution in [0.1, 0.15) is 11.1 Å². The monoisotopic (exact) mass is 303 g/mol. The van der Waals surface area contributed by atoms with Gasteiger partial charge in [-0.25, -0.2) is 4.98 Å². The van der Waals surface area contributed by atoms with Gasteiger partial charge in [-0.15, -0.1) is 0 Å². The van der Waals surface area contributed by atoms with Crippen molar-refractivity contribution in [2.45, 2.75) is 6.54 Å². The van der Waals surface area contributed by atoms with Gasteiger partial charge in [0.15, 0.2) is 0 Å². The number of imidazole rings is 1. The van der Waals surface area contributed by atoms with Crippen LogP contribution >= 0.6 is 0 Å². The van der Waals surface area contributed by atoms with Crippen molar-refractivity contribution in [1.29, 1.82) is 0 Å². The normalized spacial score (nSPS) is 10.8. The first kappa shape index (κ1) is 14.8. The second-order valence-corrected chi connectivity index (χ2v) is 5.13. The maximum Gasteiger partial charge on any atom is 0.248 e. The number of nitrogens with one attached hydrogen (secondary N) is 1. The van der Waals surface area contributed by atoms with Crippen molar-refractivity contribution in [3.63, 3.8) is 0 Å². The van der Waals surface area contributed by atoms with Crippen LogP contribution in [0.2, 0.25) is 0 Å². The molecular weight excluding hydrogens is 286 g/mol. The van der Waals surface area contributed by atoms with E-state index in [1.54, 1.807) is 24.7 Å². The maximum absolute atomic E-state index is 12.1. The summed E-state index contributed by atoms with van der Waals surface area (Å²) in [5, 5.41) is 2.93. The molecule has 1 aromatic heterocycles. The van der Waals surface area contributed by atoms with Crippen molar-refractivity contribution in [2.75, 3.05) is 5.32 Å². The van der Waals surface area contributed by atoms with Crippen molar-refractivity contribution >= 4 is 17.7 Å². The Balaban J connectivity index is 1.70. The fourth-order valence-electron chi connectivity index (χ4n) is 2.27. The van der Waals surface area contributed by atoms with Crippen molar-refractivity contribution in [3.05, 3.63) is 90.5 Å². The fourth-order valence-corrected chi connectivity index (χ4v) is 2.27. The maximum atomic E-state index is 12.1. The summed E-state index contributed by atoms with van der Waals surface area (Å²) in [5.74, 6) is -0.146. The quantitative estimate of drug-likeness (QED) is 0.732. The highest BCUT2D eigenvalue weighted by Crippen LogP contribution is 2.16. The van der Waals surface area contributed by atoms with E-state index in [0.29, 0.717) is 6.54 Å². The van der Waals surface area contributed by atoms with Crippen LogP contribution in [-0.2, 0) is 11.3 Å². The summed E-state index contributed by atoms with van der Waals surface area (Å²) in [7, 11) is 0. The van der Waals surface area contributed by atoms with Crippen LogP contribution in [0.5, 0.6) is 0 Å². The minimum Gasteiger partial charge on any atom is -0.333 e. The van der Waals surface area contributed by atoms with Crippen molar-refractivity contribution < 1.29 is 4.79 Å². The summed E-state index contributed by atoms with van der Waals surface area (Å²) in [6.07, 6.45) is 8.74. The van der Waals surface area contributed by atoms with Crippen LogP contribution in [0.4, 0.5) is 5.69 Å². The molecule has 3 rings (SSSR count). The molecule has 1 heterocycles. The molecule has 114 valence electrons. The molecule has 4 nitrogen and oxygen atoms in total. The Morgan fingerprint density at radius 3 is 2.65 bits per heavy atom. The van der Waals surface area contributed by atoms with Gasteiger partial charge in [0.1, 0.15) is 0 Å². The molecule has 3 aromatic rings. The second kappa shape index (κ2) is 7.22. The first-order valence-electron chi connectivity index (χ1n) is 7.39. The molecule has 0 spiro atoms. The summed E-state index contributed by atoms with van der Waals surface area (Å²) in [6.45, 7) is 0.666. The molecule has 1 amide bonds. The lowest BCUT2D eigenvalue weighted by Gasteiger charge is -2.10. The number of carbonyl (C=O) groups excluding carboxylic acids is 1. The van der Waals surface area contributed by atoms with Crippen LogP contribution in [0.25, 0.3) is 6.08 Å². The molecule has 0 aliphatic carbocycles. The average molecular weight is 303 g/mol. The summed E-state index contributed by atoms with van der Waals surface area (Å²) < 4.78 is 1.96. The van der Waals surface area contributed by atoms with Gasteiger partial charge in [0.05, 0.1) is 12.9 Å². The highest BCUT2D eigenvalue weighted by Gasteiger charge is 2.05. The van der Waals surface area contributed by atoms with Crippen molar-refractivity contribution in [3.8, 4) is 0 Å². The third-order valence-electron chi connectivity index (χ3n) is 3.41. The Labute approximate surface area is 135 Å². The van der Waals surface area contributed by atoms with Gasteiger partial charge in [0.25, 0.3) is 0 Å². The highest BCUT2D eigenvalue weighted by atomic mass is 16.1. The molecule has 0 bridgehead atoms. The van der Waals surface area contributed by atoms with Gasteiger partial charge in [-0.1, -0.05) is 48.5 Å². The van der Waals surface area contributed by atoms with Crippen LogP contribution in [0.3, 0.4) is 0 Å². The predicted molar refractivity (Wildman–Crippen MR) is 91.9 cm³/mol. The molecule has 0 saturated carbocycles. The number of aromatic nitrogens is 2. The summed E-state index contributed by atoms with van der Waals surface area (Å²) in [6, 6.07) is 17.5. The number of hydrogen-bond acceptors (Lipinski definition) is 2. The molecule has 23 heavy (non-hydrogen) atoms. The molecule has 0 saturated heterocycles. The number of hydrogen-bond donors (Lipinski definition) is 1. The van der Waals surface area contributed by atoms with Crippen LogP contribution in [-0.4, -0.2) is 15.5 Å². The first-order chi connectivity index (χ1) is 11.3. The van der Waals surface area contributed by atoms with Crippen molar-refractivity contribution in [1.82, 2.24) is 9.55 Å². The van der Waals surface area contributed by atoms with Gasteiger partial charge in [-0.3, -0.25) is 4.79 Å². The van der Waals surface area contributed by atoms with E-state index < -0.39 is 0 Å². The topological polar surface area (TPSA) is 46.9 Å². The number of carbonyl (C=O) groups is 1. The van der Waals surface area contributed by atoms with E-state index in [2.05, 4.69) is 10.3 Å². The van der Waals surface area contributed by atoms with Crippen LogP contribution < -0.4 is 5.32 Å². The van der Waals surface area contributed by atoms with E-state index in [0.717, 1.165) is 16.8 Å². The molecule has 0 radical (unpaired) electrons. The molecule has 4 heteroatoms. The van der Waals surface area contributed by atoms with E-state index in [-0.39, 0.29) is 5.91 Å². The molecule has 0 aliphatic rings. The Kier molecular flexibility index (Phi) is 4.64. The summed E-state index contributed by atoms with van der Waals surface area (Å²) in [4.78, 5) is 16.2. The second-order valence-electron chi connectivity index (χ2n) is 5.13. The third kappa shape index (κ3) is 4.17. The fraction of sp³-hybridized carbons (Fsp3) is 0.0526. The zero-order chi connectivity index (χ0) is 15.9. The molecule has 1 N–H and O–H groups in total. The molecule has 0 aliphatic heterocycles. The lowest BCUT2D eigenvalue weighted by molar-refractivity contribution is -0.111. The number of anilines is 1. The SMILES string of the molecule is O=C(/C=C/c1ccccc1)Nc1ccccc1Cn1ccnc1. The largest absolute Gasteiger partial charge is 0.333 e. The van der Waals surface area contributed by atoms with Crippen LogP contribution in [0, 0.1) is 0 Å². The van der Waals surface area contributed by atoms with E-state index in [4.69, 9.17) is 0 Å². The Morgan fingerprint density at radius 1 is 1.09 bits per heavy atom. The van der Waals surface area contributed by atoms with Crippen molar-refractivity contribution in [2.24, 2.45) is 0 Å². The van der Waals surface area contributed by atoms with Crippen LogP contribution in [0.15, 0.2) is 79.4 Å². The van der Waals surface area contributed by atoms with E-state index in [1.807, 2.05) is 65.4 Å². The number of para-hydroxylation sites is 1. The molecule has 2 aromatic carbocycles. The lowest BCUT2D eigenvalue weighted by Crippen LogP contribution is -2.11. The average Bonchev–Trinajstić information content (AvgIpc) is 3.09. The van der Waals surface area contributed by atoms with E-state index >= 15 is 0 Å². The zero-order valence-corrected chi connectivity index (χ0v) is 12.6. The van der Waals surface area contributed by atoms with E-state index in [1.165, 1.54) is 0 Å². The van der Waals surface area contributed by atoms with Gasteiger partial charge in [-0.05, 0) is 23.3 Å². The summed E-state index contributed by atoms with van der Waals surface area (Å²) in [5.41, 5.74) is 2.84. The Bertz CT molecular complexity index is 793. The lowest BCUT2D eigenvalue weighted by atomic mass is 10.1. The number of nitrogens with zero attached hydrogens (tertiary/aromatic N) is 2. The smallest absolute Gasteiger partial charge is 0.248 e. The molecule has 0 atom stereocenters. The number of benzene rings is 2. The zero-order valence-electron chi connectivity index (χ0n) is 12.6. The van der Waals surface area contributed by atoms with Gasteiger partial charge in [-0.2, -0.15) is 0 Å². The van der Waals surface area contributed by atoms with E-state index in [9.17, 15) is 4.79 Å². The Morgan fingerprint density at radius 2 is 1.87 bits per heavy atom. The van der Waals surface area contributed by atoms with Gasteiger partial charge in [0, 0.05) is 24.2 Å². The third-order valence-corrected chi connectivity index (χ3v) is 3.41. The summed E-state index contributed by atoms with van der Waals surface area (Å²) >= 11 is 0. The van der Waals surface area contributed by atoms with Gasteiger partial charge in [0.2, 0.25) is 5.91 Å². The highest BCUT2D eigenvalue weighted by molar-refractivity contribution is 6.02. The molecule has 0 fully saturated rings. The minimum atomic E-state index is -0.146. The first-order valence-corrected chi connectivity index (χ1v) is 7.39. The minimum absolute atomic E-state index is 0.146. The predicted octanol–water partition coefficient (Wildman–Crippen LogP) is 3.58. The standard InChI is InChI=1S/C19H17N3O/c23-19(11-10-16-6-2-1-3-7-16)21-18-9-5-4-8-17(18)14-22-13-12-20-15-22/h1-13,15H,14H2,(H,21,23)/b11-10+.